The van der Waals surface area contributed by atoms with Crippen molar-refractivity contribution in [1.29, 1.82) is 0 Å². The van der Waals surface area contributed by atoms with E-state index in [1.807, 2.05) is 4.90 Å². The van der Waals surface area contributed by atoms with Crippen LogP contribution in [0.3, 0.4) is 0 Å². The lowest BCUT2D eigenvalue weighted by Gasteiger charge is -2.29. The van der Waals surface area contributed by atoms with Crippen molar-refractivity contribution in [3.05, 3.63) is 0 Å². The van der Waals surface area contributed by atoms with Gasteiger partial charge in [0.25, 0.3) is 0 Å². The fourth-order valence-corrected chi connectivity index (χ4v) is 2.61. The molecule has 2 aliphatic rings. The molecule has 2 heterocycles. The van der Waals surface area contributed by atoms with Crippen LogP contribution in [-0.4, -0.2) is 47.8 Å². The van der Waals surface area contributed by atoms with Crippen molar-refractivity contribution >= 4 is 11.8 Å². The number of likely N-dealkylation sites (tertiary alicyclic amines) is 2. The first-order valence-corrected chi connectivity index (χ1v) is 6.83. The zero-order chi connectivity index (χ0) is 12.1. The fraction of sp³-hybridized carbons (Fsp3) is 0.846. The molecule has 0 aromatic rings. The van der Waals surface area contributed by atoms with Gasteiger partial charge >= 0.3 is 0 Å². The summed E-state index contributed by atoms with van der Waals surface area (Å²) in [6, 6.07) is 0. The standard InChI is InChI=1S/C13H22N2O2/c16-12-7-3-6-10-15(12)11-13(17)14-8-4-1-2-5-9-14/h1-11H2. The fourth-order valence-electron chi connectivity index (χ4n) is 2.61. The molecular weight excluding hydrogens is 216 g/mol. The minimum absolute atomic E-state index is 0.141. The first-order valence-electron chi connectivity index (χ1n) is 6.83. The quantitative estimate of drug-likeness (QED) is 0.729. The van der Waals surface area contributed by atoms with E-state index in [1.165, 1.54) is 12.8 Å². The van der Waals surface area contributed by atoms with E-state index >= 15 is 0 Å². The van der Waals surface area contributed by atoms with Gasteiger partial charge < -0.3 is 9.80 Å². The van der Waals surface area contributed by atoms with Gasteiger partial charge in [-0.25, -0.2) is 0 Å². The molecule has 4 nitrogen and oxygen atoms in total. The summed E-state index contributed by atoms with van der Waals surface area (Å²) in [7, 11) is 0. The van der Waals surface area contributed by atoms with Crippen molar-refractivity contribution in [2.24, 2.45) is 0 Å². The van der Waals surface area contributed by atoms with E-state index in [9.17, 15) is 9.59 Å². The maximum atomic E-state index is 12.1. The van der Waals surface area contributed by atoms with Crippen LogP contribution in [0.1, 0.15) is 44.9 Å². The van der Waals surface area contributed by atoms with E-state index in [0.29, 0.717) is 13.0 Å². The zero-order valence-corrected chi connectivity index (χ0v) is 10.5. The molecule has 96 valence electrons. The van der Waals surface area contributed by atoms with Crippen LogP contribution in [0.15, 0.2) is 0 Å². The average Bonchev–Trinajstić information content (AvgIpc) is 2.61. The van der Waals surface area contributed by atoms with Crippen LogP contribution in [0.2, 0.25) is 0 Å². The van der Waals surface area contributed by atoms with Gasteiger partial charge in [0.1, 0.15) is 0 Å². The molecule has 2 amide bonds. The first-order chi connectivity index (χ1) is 8.27. The van der Waals surface area contributed by atoms with Crippen LogP contribution in [0, 0.1) is 0 Å². The lowest BCUT2D eigenvalue weighted by molar-refractivity contribution is -0.141. The number of amides is 2. The van der Waals surface area contributed by atoms with Crippen molar-refractivity contribution in [1.82, 2.24) is 9.80 Å². The summed E-state index contributed by atoms with van der Waals surface area (Å²) in [5, 5.41) is 0. The number of carbonyl (C=O) groups excluding carboxylic acids is 2. The summed E-state index contributed by atoms with van der Waals surface area (Å²) in [4.78, 5) is 27.4. The van der Waals surface area contributed by atoms with Gasteiger partial charge in [0.05, 0.1) is 6.54 Å². The van der Waals surface area contributed by atoms with E-state index in [2.05, 4.69) is 0 Å². The molecule has 0 atom stereocenters. The highest BCUT2D eigenvalue weighted by Crippen LogP contribution is 2.13. The summed E-state index contributed by atoms with van der Waals surface area (Å²) in [5.41, 5.74) is 0. The van der Waals surface area contributed by atoms with E-state index in [1.54, 1.807) is 4.90 Å². The Morgan fingerprint density at radius 1 is 0.941 bits per heavy atom. The molecule has 4 heteroatoms. The minimum Gasteiger partial charge on any atom is -0.341 e. The van der Waals surface area contributed by atoms with Gasteiger partial charge in [0.15, 0.2) is 0 Å². The van der Waals surface area contributed by atoms with Crippen LogP contribution in [0.4, 0.5) is 0 Å². The molecule has 0 saturated carbocycles. The van der Waals surface area contributed by atoms with Crippen molar-refractivity contribution < 1.29 is 9.59 Å². The highest BCUT2D eigenvalue weighted by atomic mass is 16.2. The van der Waals surface area contributed by atoms with Crippen molar-refractivity contribution in [2.75, 3.05) is 26.2 Å². The number of rotatable bonds is 2. The molecule has 0 unspecified atom stereocenters. The Kier molecular flexibility index (Phi) is 4.40. The number of piperidine rings is 1. The maximum absolute atomic E-state index is 12.1. The molecule has 2 saturated heterocycles. The van der Waals surface area contributed by atoms with Crippen LogP contribution in [-0.2, 0) is 9.59 Å². The Hall–Kier alpha value is -1.06. The molecule has 0 aliphatic carbocycles. The molecule has 0 N–H and O–H groups in total. The third-order valence-electron chi connectivity index (χ3n) is 3.71. The molecule has 2 fully saturated rings. The van der Waals surface area contributed by atoms with Gasteiger partial charge in [-0.1, -0.05) is 12.8 Å². The summed E-state index contributed by atoms with van der Waals surface area (Å²) < 4.78 is 0. The molecule has 0 bridgehead atoms. The van der Waals surface area contributed by atoms with E-state index in [-0.39, 0.29) is 11.8 Å². The second kappa shape index (κ2) is 6.03. The van der Waals surface area contributed by atoms with Crippen LogP contribution >= 0.6 is 0 Å². The Bertz CT molecular complexity index is 283. The number of nitrogens with zero attached hydrogens (tertiary/aromatic N) is 2. The summed E-state index contributed by atoms with van der Waals surface area (Å²) in [6.45, 7) is 2.82. The van der Waals surface area contributed by atoms with Crippen LogP contribution in [0.5, 0.6) is 0 Å². The van der Waals surface area contributed by atoms with Crippen molar-refractivity contribution in [2.45, 2.75) is 44.9 Å². The average molecular weight is 238 g/mol. The number of carbonyl (C=O) groups is 2. The monoisotopic (exact) mass is 238 g/mol. The summed E-state index contributed by atoms with van der Waals surface area (Å²) in [6.07, 6.45) is 7.32. The third kappa shape index (κ3) is 3.45. The van der Waals surface area contributed by atoms with Gasteiger partial charge in [-0.3, -0.25) is 9.59 Å². The van der Waals surface area contributed by atoms with Gasteiger partial charge in [0, 0.05) is 26.1 Å². The minimum atomic E-state index is 0.141. The Morgan fingerprint density at radius 2 is 1.59 bits per heavy atom. The number of hydrogen-bond donors (Lipinski definition) is 0. The van der Waals surface area contributed by atoms with Crippen LogP contribution < -0.4 is 0 Å². The predicted molar refractivity (Wildman–Crippen MR) is 65.5 cm³/mol. The SMILES string of the molecule is O=C(CN1CCCCC1=O)N1CCCCCC1. The maximum Gasteiger partial charge on any atom is 0.242 e. The first kappa shape index (κ1) is 12.4. The van der Waals surface area contributed by atoms with Crippen molar-refractivity contribution in [3.8, 4) is 0 Å². The summed E-state index contributed by atoms with van der Waals surface area (Å²) in [5.74, 6) is 0.293. The lowest BCUT2D eigenvalue weighted by Crippen LogP contribution is -2.44. The van der Waals surface area contributed by atoms with Gasteiger partial charge in [-0.2, -0.15) is 0 Å². The molecule has 2 aliphatic heterocycles. The topological polar surface area (TPSA) is 40.6 Å². The predicted octanol–water partition coefficient (Wildman–Crippen LogP) is 1.40. The highest BCUT2D eigenvalue weighted by Gasteiger charge is 2.23. The van der Waals surface area contributed by atoms with E-state index < -0.39 is 0 Å². The van der Waals surface area contributed by atoms with E-state index in [0.717, 1.165) is 45.3 Å². The smallest absolute Gasteiger partial charge is 0.242 e. The van der Waals surface area contributed by atoms with E-state index in [4.69, 9.17) is 0 Å². The molecule has 0 spiro atoms. The molecule has 0 aromatic heterocycles. The molecule has 2 rings (SSSR count). The molecule has 17 heavy (non-hydrogen) atoms. The summed E-state index contributed by atoms with van der Waals surface area (Å²) >= 11 is 0. The van der Waals surface area contributed by atoms with Gasteiger partial charge in [-0.05, 0) is 25.7 Å². The highest BCUT2D eigenvalue weighted by molar-refractivity contribution is 5.85. The Balaban J connectivity index is 1.84. The molecule has 0 aromatic carbocycles. The number of hydrogen-bond acceptors (Lipinski definition) is 2. The largest absolute Gasteiger partial charge is 0.341 e. The molecular formula is C13H22N2O2. The van der Waals surface area contributed by atoms with Gasteiger partial charge in [-0.15, -0.1) is 0 Å². The van der Waals surface area contributed by atoms with Crippen molar-refractivity contribution in [3.63, 3.8) is 0 Å². The third-order valence-corrected chi connectivity index (χ3v) is 3.71. The Morgan fingerprint density at radius 3 is 2.24 bits per heavy atom. The lowest BCUT2D eigenvalue weighted by atomic mass is 10.1. The second-order valence-electron chi connectivity index (χ2n) is 5.07. The Labute approximate surface area is 103 Å². The van der Waals surface area contributed by atoms with Gasteiger partial charge in [0.2, 0.25) is 11.8 Å². The normalized spacial score (nSPS) is 22.5. The second-order valence-corrected chi connectivity index (χ2v) is 5.07. The molecule has 0 radical (unpaired) electrons. The van der Waals surface area contributed by atoms with Crippen LogP contribution in [0.25, 0.3) is 0 Å². The zero-order valence-electron chi connectivity index (χ0n) is 10.5.